The number of fused-ring (bicyclic) bond motifs is 1. The van der Waals surface area contributed by atoms with Crippen LogP contribution in [0.2, 0.25) is 0 Å². The smallest absolute Gasteiger partial charge is 0.332 e. The third-order valence-corrected chi connectivity index (χ3v) is 4.80. The number of nitrogens with zero attached hydrogens (tertiary/aromatic N) is 4. The fraction of sp³-hybridized carbons (Fsp3) is 0.450. The fourth-order valence-electron chi connectivity index (χ4n) is 3.13. The molecule has 0 aliphatic rings. The fourth-order valence-corrected chi connectivity index (χ4v) is 3.13. The van der Waals surface area contributed by atoms with Gasteiger partial charge in [-0.15, -0.1) is 0 Å². The maximum absolute atomic E-state index is 12.8. The van der Waals surface area contributed by atoms with Crippen LogP contribution in [0.3, 0.4) is 0 Å². The first-order chi connectivity index (χ1) is 14.7. The molecule has 2 aromatic heterocycles. The minimum atomic E-state index is -0.978. The van der Waals surface area contributed by atoms with Crippen LogP contribution in [0.1, 0.15) is 6.92 Å². The van der Waals surface area contributed by atoms with Gasteiger partial charge in [-0.1, -0.05) is 0 Å². The number of hydrogen-bond acceptors (Lipinski definition) is 8. The number of benzene rings is 1. The summed E-state index contributed by atoms with van der Waals surface area (Å²) in [6.07, 6.45) is -1.64. The molecule has 31 heavy (non-hydrogen) atoms. The molecule has 2 atom stereocenters. The van der Waals surface area contributed by atoms with Crippen LogP contribution in [0.25, 0.3) is 11.2 Å². The average molecular weight is 433 g/mol. The van der Waals surface area contributed by atoms with Gasteiger partial charge >= 0.3 is 5.69 Å². The van der Waals surface area contributed by atoms with E-state index in [1.54, 1.807) is 38.3 Å². The number of anilines is 1. The summed E-state index contributed by atoms with van der Waals surface area (Å²) in [6.45, 7) is 1.73. The van der Waals surface area contributed by atoms with Crippen molar-refractivity contribution >= 4 is 17.1 Å². The summed E-state index contributed by atoms with van der Waals surface area (Å²) >= 11 is 0. The highest BCUT2D eigenvalue weighted by atomic mass is 16.5. The monoisotopic (exact) mass is 433 g/mol. The average Bonchev–Trinajstić information content (AvgIpc) is 3.11. The Morgan fingerprint density at radius 1 is 1.10 bits per heavy atom. The Kier molecular flexibility index (Phi) is 6.66. The molecular weight excluding hydrogens is 406 g/mol. The quantitative estimate of drug-likeness (QED) is 0.418. The number of rotatable bonds is 9. The van der Waals surface area contributed by atoms with Crippen LogP contribution in [0.15, 0.2) is 33.9 Å². The lowest BCUT2D eigenvalue weighted by atomic mass is 10.3. The zero-order valence-electron chi connectivity index (χ0n) is 17.9. The number of nitrogens with one attached hydrogen (secondary N) is 1. The van der Waals surface area contributed by atoms with Crippen molar-refractivity contribution in [3.63, 3.8) is 0 Å². The summed E-state index contributed by atoms with van der Waals surface area (Å²) in [5.74, 6) is 1.51. The van der Waals surface area contributed by atoms with E-state index in [9.17, 15) is 19.8 Å². The Bertz CT molecular complexity index is 1160. The van der Waals surface area contributed by atoms with E-state index in [0.717, 1.165) is 4.57 Å². The molecule has 0 amide bonds. The van der Waals surface area contributed by atoms with E-state index in [1.165, 1.54) is 23.2 Å². The number of aliphatic hydroxyl groups is 2. The summed E-state index contributed by atoms with van der Waals surface area (Å²) in [5, 5.41) is 23.1. The highest BCUT2D eigenvalue weighted by Crippen LogP contribution is 2.19. The Labute approximate surface area is 178 Å². The molecule has 0 bridgehead atoms. The van der Waals surface area contributed by atoms with Gasteiger partial charge in [-0.2, -0.15) is 4.98 Å². The highest BCUT2D eigenvalue weighted by molar-refractivity contribution is 5.74. The standard InChI is InChI=1S/C20H27N5O6/c1-12(26)9-21-19-22-17-16(18(28)24(3)20(29)23(17)2)25(19)10-13(27)11-31-15-7-5-14(30-4)6-8-15/h5-8,12-13,26-27H,9-11H2,1-4H3,(H,21,22)/t12-,13-/m0/s1. The number of aryl methyl sites for hydroxylation is 1. The van der Waals surface area contributed by atoms with E-state index in [-0.39, 0.29) is 36.8 Å². The van der Waals surface area contributed by atoms with Gasteiger partial charge < -0.3 is 29.6 Å². The largest absolute Gasteiger partial charge is 0.497 e. The maximum Gasteiger partial charge on any atom is 0.332 e. The molecular formula is C20H27N5O6. The molecule has 168 valence electrons. The highest BCUT2D eigenvalue weighted by Gasteiger charge is 2.21. The van der Waals surface area contributed by atoms with Crippen molar-refractivity contribution in [1.82, 2.24) is 18.7 Å². The zero-order chi connectivity index (χ0) is 22.7. The minimum absolute atomic E-state index is 0.0117. The van der Waals surface area contributed by atoms with Crippen molar-refractivity contribution in [2.75, 3.05) is 25.6 Å². The molecule has 3 N–H and O–H groups in total. The summed E-state index contributed by atoms with van der Waals surface area (Å²) in [6, 6.07) is 6.93. The van der Waals surface area contributed by atoms with Gasteiger partial charge in [0.15, 0.2) is 11.2 Å². The Morgan fingerprint density at radius 3 is 2.35 bits per heavy atom. The first-order valence-electron chi connectivity index (χ1n) is 9.76. The maximum atomic E-state index is 12.8. The second-order valence-electron chi connectivity index (χ2n) is 7.29. The van der Waals surface area contributed by atoms with Crippen LogP contribution in [0.5, 0.6) is 11.5 Å². The van der Waals surface area contributed by atoms with Crippen LogP contribution >= 0.6 is 0 Å². The van der Waals surface area contributed by atoms with E-state index in [1.807, 2.05) is 0 Å². The number of ether oxygens (including phenoxy) is 2. The van der Waals surface area contributed by atoms with Crippen LogP contribution in [0.4, 0.5) is 5.95 Å². The molecule has 11 heteroatoms. The molecule has 0 unspecified atom stereocenters. The van der Waals surface area contributed by atoms with E-state index in [2.05, 4.69) is 10.3 Å². The second-order valence-corrected chi connectivity index (χ2v) is 7.29. The van der Waals surface area contributed by atoms with Gasteiger partial charge in [0.05, 0.1) is 19.8 Å². The predicted octanol–water partition coefficient (Wildman–Crippen LogP) is -0.325. The van der Waals surface area contributed by atoms with Gasteiger partial charge in [0.25, 0.3) is 5.56 Å². The minimum Gasteiger partial charge on any atom is -0.497 e. The Hall–Kier alpha value is -3.31. The number of aliphatic hydroxyl groups excluding tert-OH is 2. The molecule has 11 nitrogen and oxygen atoms in total. The SMILES string of the molecule is COc1ccc(OC[C@@H](O)Cn2c(NC[C@H](C)O)nc3c2c(=O)n(C)c(=O)n3C)cc1. The normalized spacial score (nSPS) is 13.2. The van der Waals surface area contributed by atoms with Gasteiger partial charge in [0.2, 0.25) is 5.95 Å². The van der Waals surface area contributed by atoms with Crippen LogP contribution in [-0.2, 0) is 20.6 Å². The molecule has 0 aliphatic heterocycles. The molecule has 0 spiro atoms. The zero-order valence-corrected chi connectivity index (χ0v) is 17.9. The topological polar surface area (TPSA) is 133 Å². The first-order valence-corrected chi connectivity index (χ1v) is 9.76. The molecule has 0 radical (unpaired) electrons. The summed E-state index contributed by atoms with van der Waals surface area (Å²) < 4.78 is 14.5. The summed E-state index contributed by atoms with van der Waals surface area (Å²) in [4.78, 5) is 29.4. The Balaban J connectivity index is 1.90. The number of imidazole rings is 1. The van der Waals surface area contributed by atoms with E-state index in [0.29, 0.717) is 11.5 Å². The molecule has 2 heterocycles. The van der Waals surface area contributed by atoms with E-state index < -0.39 is 23.5 Å². The van der Waals surface area contributed by atoms with Gasteiger partial charge in [-0.25, -0.2) is 4.79 Å². The second kappa shape index (κ2) is 9.23. The van der Waals surface area contributed by atoms with Crippen molar-refractivity contribution in [3.8, 4) is 11.5 Å². The molecule has 3 rings (SSSR count). The number of aromatic nitrogens is 4. The number of hydrogen-bond donors (Lipinski definition) is 3. The van der Waals surface area contributed by atoms with Gasteiger partial charge in [-0.05, 0) is 31.2 Å². The van der Waals surface area contributed by atoms with Gasteiger partial charge in [-0.3, -0.25) is 13.9 Å². The predicted molar refractivity (Wildman–Crippen MR) is 115 cm³/mol. The lowest BCUT2D eigenvalue weighted by Crippen LogP contribution is -2.38. The van der Waals surface area contributed by atoms with Crippen molar-refractivity contribution < 1.29 is 19.7 Å². The summed E-state index contributed by atoms with van der Waals surface area (Å²) in [7, 11) is 4.47. The molecule has 0 saturated carbocycles. The van der Waals surface area contributed by atoms with Crippen LogP contribution < -0.4 is 26.0 Å². The number of methoxy groups -OCH3 is 1. The molecule has 0 saturated heterocycles. The van der Waals surface area contributed by atoms with Crippen molar-refractivity contribution in [2.24, 2.45) is 14.1 Å². The van der Waals surface area contributed by atoms with Crippen LogP contribution in [-0.4, -0.2) is 61.4 Å². The van der Waals surface area contributed by atoms with Gasteiger partial charge in [0, 0.05) is 20.6 Å². The molecule has 1 aromatic carbocycles. The molecule has 0 aliphatic carbocycles. The van der Waals surface area contributed by atoms with Crippen molar-refractivity contribution in [1.29, 1.82) is 0 Å². The lowest BCUT2D eigenvalue weighted by molar-refractivity contribution is 0.0937. The first kappa shape index (κ1) is 22.4. The summed E-state index contributed by atoms with van der Waals surface area (Å²) in [5.41, 5.74) is -0.683. The Morgan fingerprint density at radius 2 is 1.74 bits per heavy atom. The third kappa shape index (κ3) is 4.72. The van der Waals surface area contributed by atoms with E-state index >= 15 is 0 Å². The van der Waals surface area contributed by atoms with Crippen molar-refractivity contribution in [3.05, 3.63) is 45.1 Å². The molecule has 0 fully saturated rings. The van der Waals surface area contributed by atoms with Crippen molar-refractivity contribution in [2.45, 2.75) is 25.7 Å². The lowest BCUT2D eigenvalue weighted by Gasteiger charge is -2.16. The van der Waals surface area contributed by atoms with Crippen LogP contribution in [0, 0.1) is 0 Å². The molecule has 3 aromatic rings. The van der Waals surface area contributed by atoms with Gasteiger partial charge in [0.1, 0.15) is 24.2 Å². The van der Waals surface area contributed by atoms with E-state index in [4.69, 9.17) is 9.47 Å². The third-order valence-electron chi connectivity index (χ3n) is 4.80.